The number of alkyl carbamates (subject to hydrolysis) is 1. The second-order valence-corrected chi connectivity index (χ2v) is 8.25. The summed E-state index contributed by atoms with van der Waals surface area (Å²) < 4.78 is 5.56. The van der Waals surface area contributed by atoms with Crippen molar-refractivity contribution >= 4 is 12.0 Å². The van der Waals surface area contributed by atoms with Crippen LogP contribution in [0.5, 0.6) is 0 Å². The molecule has 1 aliphatic rings. The first kappa shape index (κ1) is 22.8. The van der Waals surface area contributed by atoms with E-state index in [1.807, 2.05) is 49.4 Å². The molecule has 2 aromatic rings. The number of nitrogens with one attached hydrogen (secondary N) is 2. The van der Waals surface area contributed by atoms with Crippen LogP contribution in [0.4, 0.5) is 4.79 Å². The van der Waals surface area contributed by atoms with Crippen molar-refractivity contribution in [3.63, 3.8) is 0 Å². The van der Waals surface area contributed by atoms with Crippen molar-refractivity contribution in [1.82, 2.24) is 10.6 Å². The van der Waals surface area contributed by atoms with Gasteiger partial charge in [0.1, 0.15) is 6.10 Å². The zero-order valence-electron chi connectivity index (χ0n) is 18.1. The maximum absolute atomic E-state index is 12.8. The van der Waals surface area contributed by atoms with Crippen LogP contribution in [-0.4, -0.2) is 42.9 Å². The van der Waals surface area contributed by atoms with Gasteiger partial charge in [-0.1, -0.05) is 48.5 Å². The Morgan fingerprint density at radius 1 is 1.03 bits per heavy atom. The fourth-order valence-electron chi connectivity index (χ4n) is 4.26. The summed E-state index contributed by atoms with van der Waals surface area (Å²) >= 11 is 0. The Morgan fingerprint density at radius 3 is 2.39 bits per heavy atom. The van der Waals surface area contributed by atoms with Gasteiger partial charge in [-0.05, 0) is 56.2 Å². The minimum absolute atomic E-state index is 0.0392. The van der Waals surface area contributed by atoms with Crippen molar-refractivity contribution in [3.8, 4) is 0 Å². The van der Waals surface area contributed by atoms with Gasteiger partial charge in [0.25, 0.3) is 5.91 Å². The summed E-state index contributed by atoms with van der Waals surface area (Å²) in [5.41, 5.74) is 2.67. The highest BCUT2D eigenvalue weighted by Gasteiger charge is 2.38. The van der Waals surface area contributed by atoms with Gasteiger partial charge in [0.2, 0.25) is 0 Å². The molecule has 3 N–H and O–H groups in total. The summed E-state index contributed by atoms with van der Waals surface area (Å²) in [7, 11) is 0. The Kier molecular flexibility index (Phi) is 8.06. The lowest BCUT2D eigenvalue weighted by molar-refractivity contribution is 0.0563. The van der Waals surface area contributed by atoms with Crippen molar-refractivity contribution in [2.24, 2.45) is 0 Å². The number of hydrogen-bond acceptors (Lipinski definition) is 4. The number of carbonyl (C=O) groups is 2. The van der Waals surface area contributed by atoms with Gasteiger partial charge in [-0.3, -0.25) is 4.79 Å². The maximum Gasteiger partial charge on any atom is 0.407 e. The minimum Gasteiger partial charge on any atom is -0.446 e. The summed E-state index contributed by atoms with van der Waals surface area (Å²) in [6, 6.07) is 17.9. The average molecular weight is 425 g/mol. The fraction of sp³-hybridized carbons (Fsp3) is 0.440. The average Bonchev–Trinajstić information content (AvgIpc) is 2.80. The number of amides is 2. The molecule has 1 aliphatic carbocycles. The summed E-state index contributed by atoms with van der Waals surface area (Å²) in [6.07, 6.45) is 3.05. The molecule has 0 heterocycles. The molecule has 6 nitrogen and oxygen atoms in total. The molecule has 166 valence electrons. The number of aliphatic hydroxyl groups is 1. The van der Waals surface area contributed by atoms with E-state index in [4.69, 9.17) is 9.84 Å². The Labute approximate surface area is 184 Å². The van der Waals surface area contributed by atoms with Crippen molar-refractivity contribution in [1.29, 1.82) is 0 Å². The van der Waals surface area contributed by atoms with Gasteiger partial charge in [-0.15, -0.1) is 0 Å². The molecule has 31 heavy (non-hydrogen) atoms. The van der Waals surface area contributed by atoms with Crippen LogP contribution in [0.15, 0.2) is 54.6 Å². The molecule has 2 amide bonds. The summed E-state index contributed by atoms with van der Waals surface area (Å²) in [5, 5.41) is 14.6. The molecule has 0 saturated heterocycles. The molecule has 0 bridgehead atoms. The predicted octanol–water partition coefficient (Wildman–Crippen LogP) is 3.71. The van der Waals surface area contributed by atoms with Gasteiger partial charge in [0.15, 0.2) is 0 Å². The van der Waals surface area contributed by atoms with Crippen molar-refractivity contribution in [2.45, 2.75) is 50.5 Å². The summed E-state index contributed by atoms with van der Waals surface area (Å²) in [5.74, 6) is -0.0601. The third-order valence-electron chi connectivity index (χ3n) is 6.13. The number of aryl methyl sites for hydroxylation is 1. The molecule has 0 aliphatic heterocycles. The van der Waals surface area contributed by atoms with E-state index in [1.165, 1.54) is 5.56 Å². The molecule has 6 heteroatoms. The van der Waals surface area contributed by atoms with Gasteiger partial charge in [0, 0.05) is 30.7 Å². The Balaban J connectivity index is 1.64. The van der Waals surface area contributed by atoms with Crippen LogP contribution in [-0.2, 0) is 10.2 Å². The lowest BCUT2D eigenvalue weighted by Gasteiger charge is -2.40. The van der Waals surface area contributed by atoms with E-state index < -0.39 is 6.09 Å². The predicted molar refractivity (Wildman–Crippen MR) is 120 cm³/mol. The maximum atomic E-state index is 12.8. The van der Waals surface area contributed by atoms with Gasteiger partial charge < -0.3 is 20.5 Å². The Bertz CT molecular complexity index is 861. The lowest BCUT2D eigenvalue weighted by Crippen LogP contribution is -2.45. The van der Waals surface area contributed by atoms with E-state index in [9.17, 15) is 9.59 Å². The second-order valence-electron chi connectivity index (χ2n) is 8.25. The molecular formula is C25H32N2O4. The van der Waals surface area contributed by atoms with E-state index in [-0.39, 0.29) is 24.0 Å². The first-order valence-corrected chi connectivity index (χ1v) is 11.0. The van der Waals surface area contributed by atoms with Gasteiger partial charge in [0.05, 0.1) is 0 Å². The number of ether oxygens (including phenoxy) is 1. The molecular weight excluding hydrogens is 392 g/mol. The van der Waals surface area contributed by atoms with Gasteiger partial charge >= 0.3 is 6.09 Å². The number of hydrogen-bond donors (Lipinski definition) is 3. The van der Waals surface area contributed by atoms with E-state index in [1.54, 1.807) is 0 Å². The van der Waals surface area contributed by atoms with E-state index in [2.05, 4.69) is 22.8 Å². The standard InChI is InChI=1S/C25H32N2O4/c1-19-8-5-6-11-22(19)23(29)27-18-25(20-9-3-2-4-10-20)14-12-21(13-15-25)31-24(30)26-16-7-17-28/h2-6,8-11,21,28H,7,12-18H2,1H3,(H,26,30)(H,27,29). The summed E-state index contributed by atoms with van der Waals surface area (Å²) in [6.45, 7) is 2.92. The third kappa shape index (κ3) is 6.07. The molecule has 0 aromatic heterocycles. The molecule has 1 fully saturated rings. The molecule has 3 rings (SSSR count). The van der Waals surface area contributed by atoms with Crippen LogP contribution >= 0.6 is 0 Å². The monoisotopic (exact) mass is 424 g/mol. The quantitative estimate of drug-likeness (QED) is 0.564. The number of aliphatic hydroxyl groups excluding tert-OH is 1. The zero-order valence-corrected chi connectivity index (χ0v) is 18.1. The number of carbonyl (C=O) groups excluding carboxylic acids is 2. The molecule has 0 radical (unpaired) electrons. The third-order valence-corrected chi connectivity index (χ3v) is 6.13. The molecule has 0 atom stereocenters. The molecule has 0 unspecified atom stereocenters. The highest BCUT2D eigenvalue weighted by atomic mass is 16.6. The van der Waals surface area contributed by atoms with Crippen molar-refractivity contribution < 1.29 is 19.4 Å². The smallest absolute Gasteiger partial charge is 0.407 e. The van der Waals surface area contributed by atoms with Crippen LogP contribution in [0.1, 0.15) is 53.6 Å². The molecule has 1 saturated carbocycles. The molecule has 0 spiro atoms. The van der Waals surface area contributed by atoms with E-state index >= 15 is 0 Å². The highest BCUT2D eigenvalue weighted by molar-refractivity contribution is 5.95. The van der Waals surface area contributed by atoms with E-state index in [0.29, 0.717) is 25.1 Å². The Hall–Kier alpha value is -2.86. The summed E-state index contributed by atoms with van der Waals surface area (Å²) in [4.78, 5) is 24.8. The first-order valence-electron chi connectivity index (χ1n) is 11.0. The van der Waals surface area contributed by atoms with Gasteiger partial charge in [-0.25, -0.2) is 4.79 Å². The minimum atomic E-state index is -0.432. The van der Waals surface area contributed by atoms with Crippen LogP contribution < -0.4 is 10.6 Å². The normalized spacial score (nSPS) is 20.6. The highest BCUT2D eigenvalue weighted by Crippen LogP contribution is 2.40. The van der Waals surface area contributed by atoms with Crippen molar-refractivity contribution in [3.05, 3.63) is 71.3 Å². The molecule has 2 aromatic carbocycles. The van der Waals surface area contributed by atoms with E-state index in [0.717, 1.165) is 31.2 Å². The fourth-order valence-corrected chi connectivity index (χ4v) is 4.26. The first-order chi connectivity index (χ1) is 15.0. The van der Waals surface area contributed by atoms with Crippen LogP contribution in [0.25, 0.3) is 0 Å². The largest absolute Gasteiger partial charge is 0.446 e. The van der Waals surface area contributed by atoms with Crippen LogP contribution in [0.3, 0.4) is 0 Å². The number of benzene rings is 2. The van der Waals surface area contributed by atoms with Crippen LogP contribution in [0, 0.1) is 6.92 Å². The van der Waals surface area contributed by atoms with Gasteiger partial charge in [-0.2, -0.15) is 0 Å². The zero-order chi connectivity index (χ0) is 22.1. The topological polar surface area (TPSA) is 87.7 Å². The number of rotatable bonds is 8. The SMILES string of the molecule is Cc1ccccc1C(=O)NCC1(c2ccccc2)CCC(OC(=O)NCCCO)CC1. The van der Waals surface area contributed by atoms with Crippen molar-refractivity contribution in [2.75, 3.05) is 19.7 Å². The second kappa shape index (κ2) is 11.0. The lowest BCUT2D eigenvalue weighted by atomic mass is 9.68. The van der Waals surface area contributed by atoms with Crippen LogP contribution in [0.2, 0.25) is 0 Å². The Morgan fingerprint density at radius 2 is 1.71 bits per heavy atom.